The molecule has 0 saturated carbocycles. The van der Waals surface area contributed by atoms with E-state index in [9.17, 15) is 9.90 Å². The molecule has 3 aromatic carbocycles. The summed E-state index contributed by atoms with van der Waals surface area (Å²) < 4.78 is 0. The third kappa shape index (κ3) is 4.77. The molecule has 0 amide bonds. The van der Waals surface area contributed by atoms with Crippen LogP contribution in [0.5, 0.6) is 0 Å². The van der Waals surface area contributed by atoms with Gasteiger partial charge in [0.15, 0.2) is 0 Å². The van der Waals surface area contributed by atoms with Crippen LogP contribution in [-0.4, -0.2) is 61.2 Å². The Hall–Kier alpha value is -3.35. The topological polar surface area (TPSA) is 81.8 Å². The Bertz CT molecular complexity index is 1100. The molecule has 0 spiro atoms. The lowest BCUT2D eigenvalue weighted by atomic mass is 9.97. The lowest BCUT2D eigenvalue weighted by molar-refractivity contribution is 0.0698. The van der Waals surface area contributed by atoms with Gasteiger partial charge in [-0.2, -0.15) is 0 Å². The van der Waals surface area contributed by atoms with Gasteiger partial charge in [0.25, 0.3) is 0 Å². The molecular weight excluding hydrogens is 400 g/mol. The van der Waals surface area contributed by atoms with Gasteiger partial charge < -0.3 is 21.1 Å². The number of nitrogens with two attached hydrogens (primary N) is 1. The average molecular weight is 431 g/mol. The molecule has 1 heterocycles. The van der Waals surface area contributed by atoms with E-state index in [1.807, 2.05) is 18.2 Å². The summed E-state index contributed by atoms with van der Waals surface area (Å²) in [7, 11) is 3.85. The van der Waals surface area contributed by atoms with Gasteiger partial charge in [-0.25, -0.2) is 4.79 Å². The Labute approximate surface area is 189 Å². The van der Waals surface area contributed by atoms with Crippen LogP contribution in [0.4, 0.5) is 11.4 Å². The molecule has 4 N–H and O–H groups in total. The fourth-order valence-corrected chi connectivity index (χ4v) is 4.25. The maximum Gasteiger partial charge on any atom is 0.337 e. The van der Waals surface area contributed by atoms with Crippen LogP contribution < -0.4 is 11.1 Å². The molecule has 0 atom stereocenters. The molecule has 1 aliphatic rings. The summed E-state index contributed by atoms with van der Waals surface area (Å²) in [4.78, 5) is 16.5. The van der Waals surface area contributed by atoms with E-state index in [4.69, 9.17) is 5.73 Å². The van der Waals surface area contributed by atoms with Crippen LogP contribution in [-0.2, 0) is 6.54 Å². The lowest BCUT2D eigenvalue weighted by Gasteiger charge is -2.32. The fourth-order valence-electron chi connectivity index (χ4n) is 4.25. The number of hydrogen-bond acceptors (Lipinski definition) is 5. The molecule has 0 unspecified atom stereocenters. The molecule has 6 nitrogen and oxygen atoms in total. The smallest absolute Gasteiger partial charge is 0.337 e. The van der Waals surface area contributed by atoms with Crippen LogP contribution in [0.2, 0.25) is 0 Å². The van der Waals surface area contributed by atoms with Crippen LogP contribution in [0.15, 0.2) is 60.7 Å². The first-order valence-electron chi connectivity index (χ1n) is 10.9. The number of anilines is 2. The Kier molecular flexibility index (Phi) is 6.44. The predicted molar refractivity (Wildman–Crippen MR) is 131 cm³/mol. The Morgan fingerprint density at radius 3 is 2.22 bits per heavy atom. The summed E-state index contributed by atoms with van der Waals surface area (Å²) in [6.07, 6.45) is 0. The zero-order valence-electron chi connectivity index (χ0n) is 18.6. The van der Waals surface area contributed by atoms with Crippen molar-refractivity contribution in [2.45, 2.75) is 6.54 Å². The van der Waals surface area contributed by atoms with E-state index in [-0.39, 0.29) is 5.56 Å². The second-order valence-electron chi connectivity index (χ2n) is 8.40. The van der Waals surface area contributed by atoms with Crippen LogP contribution in [0.3, 0.4) is 0 Å². The molecule has 4 rings (SSSR count). The van der Waals surface area contributed by atoms with Crippen molar-refractivity contribution in [3.8, 4) is 22.3 Å². The number of rotatable bonds is 6. The Morgan fingerprint density at radius 1 is 0.938 bits per heavy atom. The summed E-state index contributed by atoms with van der Waals surface area (Å²) in [5.74, 6) is -1.00. The summed E-state index contributed by atoms with van der Waals surface area (Å²) in [6, 6.07) is 20.4. The second-order valence-corrected chi connectivity index (χ2v) is 8.40. The van der Waals surface area contributed by atoms with E-state index in [2.05, 4.69) is 58.6 Å². The predicted octanol–water partition coefficient (Wildman–Crippen LogP) is 4.09. The molecule has 0 aliphatic carbocycles. The van der Waals surface area contributed by atoms with Crippen LogP contribution >= 0.6 is 0 Å². The first kappa shape index (κ1) is 21.9. The molecule has 0 radical (unpaired) electrons. The average Bonchev–Trinajstić information content (AvgIpc) is 2.80. The van der Waals surface area contributed by atoms with Crippen molar-refractivity contribution in [2.24, 2.45) is 0 Å². The zero-order valence-corrected chi connectivity index (χ0v) is 18.6. The van der Waals surface area contributed by atoms with Crippen molar-refractivity contribution in [1.82, 2.24) is 9.80 Å². The highest BCUT2D eigenvalue weighted by Gasteiger charge is 2.16. The number of hydrogen-bond donors (Lipinski definition) is 3. The van der Waals surface area contributed by atoms with Crippen molar-refractivity contribution >= 4 is 17.3 Å². The Morgan fingerprint density at radius 2 is 1.59 bits per heavy atom. The zero-order chi connectivity index (χ0) is 22.7. The molecule has 0 aromatic heterocycles. The van der Waals surface area contributed by atoms with Crippen LogP contribution in [0.1, 0.15) is 15.9 Å². The Balaban J connectivity index is 1.55. The van der Waals surface area contributed by atoms with Crippen molar-refractivity contribution in [2.75, 3.05) is 51.3 Å². The van der Waals surface area contributed by atoms with Crippen molar-refractivity contribution in [3.05, 3.63) is 71.8 Å². The second kappa shape index (κ2) is 9.42. The highest BCUT2D eigenvalue weighted by Crippen LogP contribution is 2.32. The number of nitrogens with one attached hydrogen (secondary N) is 1. The molecule has 1 saturated heterocycles. The standard InChI is InChI=1S/C26H30N4O2/c1-28-25-23(26(31)32)15-22(16-24(25)27)20-8-6-19(7-9-20)21-5-3-4-18(14-21)17-30-12-10-29(2)11-13-30/h3-9,14-16,28H,10-13,17,27H2,1-2H3,(H,31,32). The SMILES string of the molecule is CNc1c(N)cc(-c2ccc(-c3cccc(CN4CCN(C)CC4)c3)cc2)cc1C(=O)O. The number of aromatic carboxylic acids is 1. The van der Waals surface area contributed by atoms with Gasteiger partial charge in [-0.15, -0.1) is 0 Å². The maximum absolute atomic E-state index is 11.6. The lowest BCUT2D eigenvalue weighted by Crippen LogP contribution is -2.43. The van der Waals surface area contributed by atoms with Gasteiger partial charge in [0.1, 0.15) is 0 Å². The third-order valence-electron chi connectivity index (χ3n) is 6.13. The third-order valence-corrected chi connectivity index (χ3v) is 6.13. The van der Waals surface area contributed by atoms with E-state index in [0.29, 0.717) is 11.4 Å². The van der Waals surface area contributed by atoms with Crippen LogP contribution in [0.25, 0.3) is 22.3 Å². The van der Waals surface area contributed by atoms with Gasteiger partial charge in [0.05, 0.1) is 16.9 Å². The minimum absolute atomic E-state index is 0.170. The molecule has 1 fully saturated rings. The molecule has 0 bridgehead atoms. The van der Waals surface area contributed by atoms with Crippen molar-refractivity contribution in [3.63, 3.8) is 0 Å². The normalized spacial score (nSPS) is 14.9. The van der Waals surface area contributed by atoms with E-state index >= 15 is 0 Å². The molecule has 3 aromatic rings. The summed E-state index contributed by atoms with van der Waals surface area (Å²) >= 11 is 0. The summed E-state index contributed by atoms with van der Waals surface area (Å²) in [5, 5.41) is 12.4. The molecule has 32 heavy (non-hydrogen) atoms. The van der Waals surface area contributed by atoms with Gasteiger partial charge in [0, 0.05) is 39.8 Å². The molecule has 6 heteroatoms. The highest BCUT2D eigenvalue weighted by molar-refractivity contribution is 5.99. The molecule has 166 valence electrons. The number of benzene rings is 3. The number of piperazine rings is 1. The van der Waals surface area contributed by atoms with Gasteiger partial charge in [-0.1, -0.05) is 42.5 Å². The number of carbonyl (C=O) groups is 1. The monoisotopic (exact) mass is 430 g/mol. The summed E-state index contributed by atoms with van der Waals surface area (Å²) in [5.41, 5.74) is 12.5. The van der Waals surface area contributed by atoms with Crippen molar-refractivity contribution < 1.29 is 9.90 Å². The first-order valence-corrected chi connectivity index (χ1v) is 10.9. The maximum atomic E-state index is 11.6. The molecule has 1 aliphatic heterocycles. The minimum atomic E-state index is -1.00. The summed E-state index contributed by atoms with van der Waals surface area (Å²) in [6.45, 7) is 5.40. The van der Waals surface area contributed by atoms with Gasteiger partial charge >= 0.3 is 5.97 Å². The number of carboxylic acid groups (broad SMARTS) is 1. The van der Waals surface area contributed by atoms with Gasteiger partial charge in [0.2, 0.25) is 0 Å². The largest absolute Gasteiger partial charge is 0.478 e. The van der Waals surface area contributed by atoms with Gasteiger partial charge in [-0.05, 0) is 53.1 Å². The quantitative estimate of drug-likeness (QED) is 0.511. The fraction of sp³-hybridized carbons (Fsp3) is 0.269. The van der Waals surface area contributed by atoms with E-state index in [1.165, 1.54) is 11.1 Å². The number of carboxylic acids is 1. The van der Waals surface area contributed by atoms with E-state index < -0.39 is 5.97 Å². The van der Waals surface area contributed by atoms with Gasteiger partial charge in [-0.3, -0.25) is 4.90 Å². The van der Waals surface area contributed by atoms with E-state index in [1.54, 1.807) is 13.1 Å². The first-order chi connectivity index (χ1) is 15.4. The van der Waals surface area contributed by atoms with E-state index in [0.717, 1.165) is 49.4 Å². The minimum Gasteiger partial charge on any atom is -0.478 e. The number of nitrogens with zero attached hydrogens (tertiary/aromatic N) is 2. The number of nitrogen functional groups attached to an aromatic ring is 1. The molecular formula is C26H30N4O2. The highest BCUT2D eigenvalue weighted by atomic mass is 16.4. The van der Waals surface area contributed by atoms with Crippen LogP contribution in [0, 0.1) is 0 Å². The van der Waals surface area contributed by atoms with Crippen molar-refractivity contribution in [1.29, 1.82) is 0 Å². The number of likely N-dealkylation sites (N-methyl/N-ethyl adjacent to an activating group) is 1.